The molecule has 2 heterocycles. The summed E-state index contributed by atoms with van der Waals surface area (Å²) in [7, 11) is 0. The van der Waals surface area contributed by atoms with Crippen LogP contribution in [0.2, 0.25) is 0 Å². The summed E-state index contributed by atoms with van der Waals surface area (Å²) in [4.78, 5) is 29.3. The summed E-state index contributed by atoms with van der Waals surface area (Å²) in [5.41, 5.74) is 8.61. The topological polar surface area (TPSA) is 109 Å². The van der Waals surface area contributed by atoms with Crippen molar-refractivity contribution in [2.45, 2.75) is 51.7 Å². The number of carbonyl (C=O) groups is 2. The fourth-order valence-electron chi connectivity index (χ4n) is 3.88. The number of nitrogen functional groups attached to an aromatic ring is 1. The predicted octanol–water partition coefficient (Wildman–Crippen LogP) is 1.87. The molecule has 2 amide bonds. The van der Waals surface area contributed by atoms with E-state index in [2.05, 4.69) is 40.0 Å². The summed E-state index contributed by atoms with van der Waals surface area (Å²) >= 11 is 0. The molecule has 0 spiro atoms. The molecule has 0 bridgehead atoms. The number of benzene rings is 1. The van der Waals surface area contributed by atoms with Gasteiger partial charge in [0.1, 0.15) is 11.9 Å². The van der Waals surface area contributed by atoms with Gasteiger partial charge in [0.05, 0.1) is 6.04 Å². The van der Waals surface area contributed by atoms with Crippen LogP contribution in [0.25, 0.3) is 0 Å². The van der Waals surface area contributed by atoms with Gasteiger partial charge < -0.3 is 21.7 Å². The molecule has 1 saturated heterocycles. The minimum Gasteiger partial charge on any atom is -0.384 e. The van der Waals surface area contributed by atoms with Crippen LogP contribution in [0.3, 0.4) is 0 Å². The lowest BCUT2D eigenvalue weighted by Gasteiger charge is -2.20. The highest BCUT2D eigenvalue weighted by molar-refractivity contribution is 5.89. The number of amides is 2. The zero-order valence-corrected chi connectivity index (χ0v) is 17.8. The van der Waals surface area contributed by atoms with Gasteiger partial charge in [-0.3, -0.25) is 9.59 Å². The van der Waals surface area contributed by atoms with Gasteiger partial charge in [0.2, 0.25) is 11.8 Å². The van der Waals surface area contributed by atoms with Crippen LogP contribution in [0.15, 0.2) is 42.5 Å². The number of aromatic nitrogens is 1. The van der Waals surface area contributed by atoms with Crippen molar-refractivity contribution in [3.05, 3.63) is 59.3 Å². The van der Waals surface area contributed by atoms with Gasteiger partial charge in [0.15, 0.2) is 0 Å². The van der Waals surface area contributed by atoms with E-state index in [9.17, 15) is 9.59 Å². The highest BCUT2D eigenvalue weighted by atomic mass is 16.2. The smallest absolute Gasteiger partial charge is 0.242 e. The maximum absolute atomic E-state index is 12.7. The molecular weight excluding hydrogens is 378 g/mol. The minimum atomic E-state index is -0.619. The molecule has 1 aliphatic rings. The number of anilines is 1. The van der Waals surface area contributed by atoms with Gasteiger partial charge in [-0.2, -0.15) is 0 Å². The first-order chi connectivity index (χ1) is 14.3. The summed E-state index contributed by atoms with van der Waals surface area (Å²) in [6.45, 7) is 6.88. The van der Waals surface area contributed by atoms with E-state index >= 15 is 0 Å². The number of hydrogen-bond donors (Lipinski definition) is 4. The highest BCUT2D eigenvalue weighted by Crippen LogP contribution is 2.30. The molecule has 1 unspecified atom stereocenters. The van der Waals surface area contributed by atoms with E-state index in [-0.39, 0.29) is 17.9 Å². The van der Waals surface area contributed by atoms with E-state index in [0.29, 0.717) is 24.2 Å². The van der Waals surface area contributed by atoms with E-state index in [1.165, 1.54) is 5.56 Å². The average molecular weight is 410 g/mol. The zero-order chi connectivity index (χ0) is 21.7. The van der Waals surface area contributed by atoms with Crippen molar-refractivity contribution >= 4 is 17.6 Å². The Kier molecular flexibility index (Phi) is 7.05. The van der Waals surface area contributed by atoms with Gasteiger partial charge in [-0.25, -0.2) is 4.98 Å². The molecule has 3 rings (SSSR count). The van der Waals surface area contributed by atoms with Crippen molar-refractivity contribution in [3.8, 4) is 0 Å². The number of pyridine rings is 1. The van der Waals surface area contributed by atoms with Crippen molar-refractivity contribution in [1.29, 1.82) is 0 Å². The van der Waals surface area contributed by atoms with E-state index < -0.39 is 6.04 Å². The Morgan fingerprint density at radius 2 is 1.93 bits per heavy atom. The molecule has 1 fully saturated rings. The second-order valence-corrected chi connectivity index (χ2v) is 8.08. The third kappa shape index (κ3) is 5.36. The van der Waals surface area contributed by atoms with E-state index in [1.54, 1.807) is 13.0 Å². The lowest BCUT2D eigenvalue weighted by molar-refractivity contribution is -0.129. The maximum Gasteiger partial charge on any atom is 0.242 e. The van der Waals surface area contributed by atoms with Crippen LogP contribution >= 0.6 is 0 Å². The van der Waals surface area contributed by atoms with Crippen molar-refractivity contribution < 1.29 is 9.59 Å². The van der Waals surface area contributed by atoms with Gasteiger partial charge in [-0.1, -0.05) is 43.3 Å². The molecule has 1 aromatic carbocycles. The van der Waals surface area contributed by atoms with Crippen LogP contribution in [0.4, 0.5) is 5.82 Å². The van der Waals surface area contributed by atoms with E-state index in [4.69, 9.17) is 5.73 Å². The molecule has 4 atom stereocenters. The average Bonchev–Trinajstić information content (AvgIpc) is 3.23. The Labute approximate surface area is 177 Å². The molecule has 7 nitrogen and oxygen atoms in total. The third-order valence-corrected chi connectivity index (χ3v) is 5.94. The molecule has 5 N–H and O–H groups in total. The number of nitrogens with two attached hydrogens (primary N) is 1. The van der Waals surface area contributed by atoms with Crippen LogP contribution < -0.4 is 21.7 Å². The number of rotatable bonds is 7. The Morgan fingerprint density at radius 3 is 2.63 bits per heavy atom. The number of carbonyl (C=O) groups excluding carboxylic acids is 2. The fourth-order valence-corrected chi connectivity index (χ4v) is 3.88. The lowest BCUT2D eigenvalue weighted by Crippen LogP contribution is -2.50. The summed E-state index contributed by atoms with van der Waals surface area (Å²) in [5, 5.41) is 8.99. The molecule has 1 aromatic heterocycles. The monoisotopic (exact) mass is 409 g/mol. The number of aryl methyl sites for hydroxylation is 1. The van der Waals surface area contributed by atoms with Crippen molar-refractivity contribution in [1.82, 2.24) is 20.9 Å². The highest BCUT2D eigenvalue weighted by Gasteiger charge is 2.33. The molecule has 0 aliphatic carbocycles. The van der Waals surface area contributed by atoms with Gasteiger partial charge >= 0.3 is 0 Å². The predicted molar refractivity (Wildman–Crippen MR) is 118 cm³/mol. The lowest BCUT2D eigenvalue weighted by atomic mass is 9.86. The largest absolute Gasteiger partial charge is 0.384 e. The van der Waals surface area contributed by atoms with Gasteiger partial charge in [-0.05, 0) is 55.8 Å². The van der Waals surface area contributed by atoms with Crippen LogP contribution in [-0.4, -0.2) is 35.4 Å². The minimum absolute atomic E-state index is 0.134. The second-order valence-electron chi connectivity index (χ2n) is 8.08. The van der Waals surface area contributed by atoms with Crippen molar-refractivity contribution in [2.24, 2.45) is 5.92 Å². The van der Waals surface area contributed by atoms with Crippen molar-refractivity contribution in [2.75, 3.05) is 12.3 Å². The number of hydrogen-bond acceptors (Lipinski definition) is 5. The summed E-state index contributed by atoms with van der Waals surface area (Å²) in [6, 6.07) is 13.0. The standard InChI is InChI=1S/C23H31N5O2/c1-14(17-7-5-4-6-8-17)19-11-20(25-13-19)23(30)28-16(3)22(29)26-12-18-9-10-21(24)27-15(18)2/h4-10,14,16,19-20,25H,11-13H2,1-3H3,(H2,24,27)(H,26,29)(H,28,30)/t14?,16-,19+,20+/m0/s1. The molecular formula is C23H31N5O2. The maximum atomic E-state index is 12.7. The van der Waals surface area contributed by atoms with Gasteiger partial charge in [0.25, 0.3) is 0 Å². The first-order valence-corrected chi connectivity index (χ1v) is 10.4. The van der Waals surface area contributed by atoms with Gasteiger partial charge in [0, 0.05) is 12.2 Å². The zero-order valence-electron chi connectivity index (χ0n) is 17.8. The quantitative estimate of drug-likeness (QED) is 0.558. The van der Waals surface area contributed by atoms with Crippen molar-refractivity contribution in [3.63, 3.8) is 0 Å². The number of nitrogens with one attached hydrogen (secondary N) is 3. The summed E-state index contributed by atoms with van der Waals surface area (Å²) in [6.07, 6.45) is 0.756. The Hall–Kier alpha value is -2.93. The Balaban J connectivity index is 1.47. The summed E-state index contributed by atoms with van der Waals surface area (Å²) < 4.78 is 0. The van der Waals surface area contributed by atoms with Gasteiger partial charge in [-0.15, -0.1) is 0 Å². The van der Waals surface area contributed by atoms with Crippen LogP contribution in [0.5, 0.6) is 0 Å². The third-order valence-electron chi connectivity index (χ3n) is 5.94. The van der Waals surface area contributed by atoms with Crippen LogP contribution in [0.1, 0.15) is 43.0 Å². The second kappa shape index (κ2) is 9.71. The first-order valence-electron chi connectivity index (χ1n) is 10.4. The Bertz CT molecular complexity index is 886. The molecule has 0 radical (unpaired) electrons. The Morgan fingerprint density at radius 1 is 1.20 bits per heavy atom. The molecule has 2 aromatic rings. The SMILES string of the molecule is Cc1nc(N)ccc1CNC(=O)[C@H](C)NC(=O)[C@H]1C[C@@H](C(C)c2ccccc2)CN1. The van der Waals surface area contributed by atoms with E-state index in [0.717, 1.165) is 24.2 Å². The molecule has 160 valence electrons. The molecule has 1 aliphatic heterocycles. The van der Waals surface area contributed by atoms with Crippen LogP contribution in [0, 0.1) is 12.8 Å². The molecule has 7 heteroatoms. The molecule has 30 heavy (non-hydrogen) atoms. The van der Waals surface area contributed by atoms with Crippen LogP contribution in [-0.2, 0) is 16.1 Å². The fraction of sp³-hybridized carbons (Fsp3) is 0.435. The molecule has 0 saturated carbocycles. The van der Waals surface area contributed by atoms with E-state index in [1.807, 2.05) is 31.2 Å². The summed E-state index contributed by atoms with van der Waals surface area (Å²) in [5.74, 6) is 0.840. The first kappa shape index (κ1) is 21.8. The normalized spacial score (nSPS) is 20.4. The number of nitrogens with zero attached hydrogens (tertiary/aromatic N) is 1.